The summed E-state index contributed by atoms with van der Waals surface area (Å²) < 4.78 is 0. The van der Waals surface area contributed by atoms with Crippen LogP contribution in [0.3, 0.4) is 0 Å². The summed E-state index contributed by atoms with van der Waals surface area (Å²) in [5.74, 6) is 0.320. The highest BCUT2D eigenvalue weighted by molar-refractivity contribution is 6.51. The molecule has 1 aromatic rings. The van der Waals surface area contributed by atoms with E-state index in [1.807, 2.05) is 26.2 Å². The number of hydrogen-bond acceptors (Lipinski definition) is 1. The van der Waals surface area contributed by atoms with Gasteiger partial charge in [-0.1, -0.05) is 24.4 Å². The van der Waals surface area contributed by atoms with Crippen LogP contribution >= 0.6 is 0 Å². The van der Waals surface area contributed by atoms with Gasteiger partial charge in [0.15, 0.2) is 0 Å². The van der Waals surface area contributed by atoms with Gasteiger partial charge in [0.2, 0.25) is 0 Å². The van der Waals surface area contributed by atoms with Crippen molar-refractivity contribution < 1.29 is 5.11 Å². The highest BCUT2D eigenvalue weighted by Crippen LogP contribution is 2.01. The van der Waals surface area contributed by atoms with Crippen LogP contribution in [0.2, 0.25) is 6.82 Å². The minimum absolute atomic E-state index is 0.320. The van der Waals surface area contributed by atoms with E-state index >= 15 is 0 Å². The van der Waals surface area contributed by atoms with Crippen LogP contribution < -0.4 is 5.46 Å². The molecular formula is C7H8BO. The molecule has 2 heteroatoms. The summed E-state index contributed by atoms with van der Waals surface area (Å²) in [6, 6.07) is 7.09. The molecule has 45 valence electrons. The SMILES string of the molecule is C[B]c1ccc(O)cc1. The molecular weight excluding hydrogens is 111 g/mol. The van der Waals surface area contributed by atoms with Crippen LogP contribution in [-0.4, -0.2) is 12.4 Å². The van der Waals surface area contributed by atoms with E-state index in [9.17, 15) is 0 Å². The van der Waals surface area contributed by atoms with Gasteiger partial charge in [-0.3, -0.25) is 0 Å². The smallest absolute Gasteiger partial charge is 0.148 e. The Hall–Kier alpha value is -0.915. The second-order valence-electron chi connectivity index (χ2n) is 1.88. The van der Waals surface area contributed by atoms with E-state index in [1.54, 1.807) is 12.1 Å². The quantitative estimate of drug-likeness (QED) is 0.541. The minimum atomic E-state index is 0.320. The molecule has 0 saturated heterocycles. The summed E-state index contributed by atoms with van der Waals surface area (Å²) in [6.07, 6.45) is 0. The fourth-order valence-corrected chi connectivity index (χ4v) is 0.667. The number of rotatable bonds is 1. The van der Waals surface area contributed by atoms with Gasteiger partial charge in [-0.25, -0.2) is 0 Å². The van der Waals surface area contributed by atoms with Gasteiger partial charge in [0.1, 0.15) is 13.0 Å². The minimum Gasteiger partial charge on any atom is -0.508 e. The van der Waals surface area contributed by atoms with E-state index in [2.05, 4.69) is 0 Å². The molecule has 0 bridgehead atoms. The van der Waals surface area contributed by atoms with Gasteiger partial charge in [0.05, 0.1) is 0 Å². The Labute approximate surface area is 55.6 Å². The highest BCUT2D eigenvalue weighted by atomic mass is 16.3. The lowest BCUT2D eigenvalue weighted by Gasteiger charge is -1.92. The van der Waals surface area contributed by atoms with Gasteiger partial charge in [-0.15, -0.1) is 0 Å². The van der Waals surface area contributed by atoms with Crippen molar-refractivity contribution in [2.24, 2.45) is 0 Å². The third-order valence-corrected chi connectivity index (χ3v) is 1.23. The zero-order valence-electron chi connectivity index (χ0n) is 5.33. The van der Waals surface area contributed by atoms with Crippen LogP contribution in [0.4, 0.5) is 0 Å². The van der Waals surface area contributed by atoms with E-state index in [1.165, 1.54) is 0 Å². The molecule has 0 fully saturated rings. The first-order chi connectivity index (χ1) is 4.33. The van der Waals surface area contributed by atoms with E-state index in [-0.39, 0.29) is 0 Å². The molecule has 0 aliphatic carbocycles. The molecule has 1 rings (SSSR count). The Morgan fingerprint density at radius 1 is 1.22 bits per heavy atom. The normalized spacial score (nSPS) is 9.00. The van der Waals surface area contributed by atoms with Gasteiger partial charge in [-0.2, -0.15) is 0 Å². The molecule has 9 heavy (non-hydrogen) atoms. The van der Waals surface area contributed by atoms with Crippen LogP contribution in [0.5, 0.6) is 5.75 Å². The van der Waals surface area contributed by atoms with Crippen molar-refractivity contribution in [3.05, 3.63) is 24.3 Å². The largest absolute Gasteiger partial charge is 0.508 e. The molecule has 0 unspecified atom stereocenters. The molecule has 0 amide bonds. The summed E-state index contributed by atoms with van der Waals surface area (Å²) in [5, 5.41) is 8.84. The van der Waals surface area contributed by atoms with E-state index in [0.717, 1.165) is 5.46 Å². The summed E-state index contributed by atoms with van der Waals surface area (Å²) in [5.41, 5.74) is 1.13. The van der Waals surface area contributed by atoms with Crippen molar-refractivity contribution in [3.8, 4) is 5.75 Å². The Morgan fingerprint density at radius 2 is 1.78 bits per heavy atom. The summed E-state index contributed by atoms with van der Waals surface area (Å²) in [6.45, 7) is 1.96. The first kappa shape index (κ1) is 6.21. The van der Waals surface area contributed by atoms with Crippen molar-refractivity contribution >= 4 is 12.7 Å². The van der Waals surface area contributed by atoms with Gasteiger partial charge in [0, 0.05) is 0 Å². The Morgan fingerprint density at radius 3 is 2.22 bits per heavy atom. The molecule has 0 atom stereocenters. The molecule has 0 aromatic heterocycles. The van der Waals surface area contributed by atoms with Gasteiger partial charge < -0.3 is 5.11 Å². The molecule has 1 nitrogen and oxygen atoms in total. The number of aromatic hydroxyl groups is 1. The number of benzene rings is 1. The summed E-state index contributed by atoms with van der Waals surface area (Å²) in [4.78, 5) is 0. The first-order valence-corrected chi connectivity index (χ1v) is 2.91. The number of hydrogen-bond donors (Lipinski definition) is 1. The van der Waals surface area contributed by atoms with Gasteiger partial charge in [0.25, 0.3) is 0 Å². The molecule has 0 heterocycles. The maximum absolute atomic E-state index is 8.84. The lowest BCUT2D eigenvalue weighted by Crippen LogP contribution is -2.07. The maximum atomic E-state index is 8.84. The van der Waals surface area contributed by atoms with Crippen molar-refractivity contribution in [1.82, 2.24) is 0 Å². The molecule has 1 N–H and O–H groups in total. The average Bonchev–Trinajstić information content (AvgIpc) is 1.90. The second-order valence-corrected chi connectivity index (χ2v) is 1.88. The fraction of sp³-hybridized carbons (Fsp3) is 0.143. The topological polar surface area (TPSA) is 20.2 Å². The third-order valence-electron chi connectivity index (χ3n) is 1.23. The van der Waals surface area contributed by atoms with Crippen LogP contribution in [-0.2, 0) is 0 Å². The average molecular weight is 119 g/mol. The van der Waals surface area contributed by atoms with Crippen LogP contribution in [0.1, 0.15) is 0 Å². The molecule has 0 saturated carbocycles. The zero-order chi connectivity index (χ0) is 6.69. The predicted octanol–water partition coefficient (Wildman–Crippen LogP) is 0.770. The molecule has 1 aromatic carbocycles. The number of phenols is 1. The second kappa shape index (κ2) is 2.58. The zero-order valence-corrected chi connectivity index (χ0v) is 5.33. The Bertz CT molecular complexity index is 181. The summed E-state index contributed by atoms with van der Waals surface area (Å²) >= 11 is 0. The molecule has 0 aliphatic rings. The van der Waals surface area contributed by atoms with Crippen LogP contribution in [0.15, 0.2) is 24.3 Å². The lowest BCUT2D eigenvalue weighted by molar-refractivity contribution is 0.475. The monoisotopic (exact) mass is 119 g/mol. The molecule has 0 spiro atoms. The van der Waals surface area contributed by atoms with Gasteiger partial charge in [-0.05, 0) is 12.1 Å². The van der Waals surface area contributed by atoms with Crippen molar-refractivity contribution in [1.29, 1.82) is 0 Å². The molecule has 1 radical (unpaired) electrons. The summed E-state index contributed by atoms with van der Waals surface area (Å²) in [7, 11) is 1.99. The van der Waals surface area contributed by atoms with Crippen molar-refractivity contribution in [2.45, 2.75) is 6.82 Å². The number of phenolic OH excluding ortho intramolecular Hbond substituents is 1. The van der Waals surface area contributed by atoms with Crippen molar-refractivity contribution in [3.63, 3.8) is 0 Å². The van der Waals surface area contributed by atoms with E-state index in [4.69, 9.17) is 5.11 Å². The standard InChI is InChI=1S/C7H8BO/c1-8-6-2-4-7(9)5-3-6/h2-5,9H,1H3. The van der Waals surface area contributed by atoms with E-state index < -0.39 is 0 Å². The van der Waals surface area contributed by atoms with Crippen LogP contribution in [0, 0.1) is 0 Å². The Balaban J connectivity index is 2.88. The fourth-order valence-electron chi connectivity index (χ4n) is 0.667. The lowest BCUT2D eigenvalue weighted by atomic mass is 9.73. The van der Waals surface area contributed by atoms with E-state index in [0.29, 0.717) is 5.75 Å². The van der Waals surface area contributed by atoms with Crippen LogP contribution in [0.25, 0.3) is 0 Å². The Kier molecular flexibility index (Phi) is 1.78. The predicted molar refractivity (Wildman–Crippen MR) is 39.4 cm³/mol. The highest BCUT2D eigenvalue weighted by Gasteiger charge is 1.87. The maximum Gasteiger partial charge on any atom is 0.148 e. The first-order valence-electron chi connectivity index (χ1n) is 2.91. The third kappa shape index (κ3) is 1.49. The van der Waals surface area contributed by atoms with Gasteiger partial charge >= 0.3 is 0 Å². The van der Waals surface area contributed by atoms with Crippen molar-refractivity contribution in [2.75, 3.05) is 0 Å². The molecule has 0 aliphatic heterocycles.